The van der Waals surface area contributed by atoms with Crippen LogP contribution in [0.15, 0.2) is 23.6 Å². The largest absolute Gasteiger partial charge is 0.333 e. The first-order valence-corrected chi connectivity index (χ1v) is 3.30. The maximum atomic E-state index is 4.04. The molecule has 0 bridgehead atoms. The monoisotopic (exact) mass is 151 g/mol. The third-order valence-corrected chi connectivity index (χ3v) is 1.51. The maximum absolute atomic E-state index is 4.04. The van der Waals surface area contributed by atoms with E-state index < -0.39 is 0 Å². The normalized spacial score (nSPS) is 10.5. The van der Waals surface area contributed by atoms with Crippen molar-refractivity contribution in [1.29, 1.82) is 0 Å². The van der Waals surface area contributed by atoms with Crippen molar-refractivity contribution in [3.05, 3.63) is 18.5 Å². The first-order chi connectivity index (χ1) is 4.86. The molecule has 4 heteroatoms. The van der Waals surface area contributed by atoms with Crippen molar-refractivity contribution in [2.75, 3.05) is 0 Å². The highest BCUT2D eigenvalue weighted by Crippen LogP contribution is 2.15. The summed E-state index contributed by atoms with van der Waals surface area (Å²) in [6.07, 6.45) is 3.42. The van der Waals surface area contributed by atoms with Crippen LogP contribution in [-0.4, -0.2) is 15.0 Å². The zero-order valence-electron chi connectivity index (χ0n) is 5.07. The van der Waals surface area contributed by atoms with Gasteiger partial charge in [-0.3, -0.25) is 4.98 Å². The summed E-state index contributed by atoms with van der Waals surface area (Å²) in [5, 5.41) is 0.612. The lowest BCUT2D eigenvalue weighted by Gasteiger charge is -1.96. The summed E-state index contributed by atoms with van der Waals surface area (Å²) in [7, 11) is 0. The fourth-order valence-electron chi connectivity index (χ4n) is 0.831. The molecule has 1 N–H and O–H groups in total. The molecule has 2 aliphatic rings. The van der Waals surface area contributed by atoms with E-state index in [2.05, 4.69) is 27.6 Å². The van der Waals surface area contributed by atoms with E-state index in [0.717, 1.165) is 11.4 Å². The summed E-state index contributed by atoms with van der Waals surface area (Å²) in [6, 6.07) is 1.89. The van der Waals surface area contributed by atoms with Crippen LogP contribution in [0.5, 0.6) is 0 Å². The van der Waals surface area contributed by atoms with Gasteiger partial charge < -0.3 is 4.98 Å². The van der Waals surface area contributed by atoms with Crippen LogP contribution in [-0.2, 0) is 0 Å². The summed E-state index contributed by atoms with van der Waals surface area (Å²) in [6.45, 7) is 0. The number of H-pyrrole nitrogens is 1. The van der Waals surface area contributed by atoms with Gasteiger partial charge in [0, 0.05) is 6.20 Å². The fraction of sp³-hybridized carbons (Fsp3) is 0. The second kappa shape index (κ2) is 1.98. The molecule has 50 valence electrons. The Morgan fingerprint density at radius 2 is 2.30 bits per heavy atom. The maximum Gasteiger partial charge on any atom is 0.162 e. The first-order valence-electron chi connectivity index (χ1n) is 2.85. The number of fused-ring (bicyclic) bond motifs is 1. The molecule has 10 heavy (non-hydrogen) atoms. The predicted octanol–water partition coefficient (Wildman–Crippen LogP) is 1.20. The lowest BCUT2D eigenvalue weighted by Crippen LogP contribution is -1.86. The minimum absolute atomic E-state index is 0.612. The van der Waals surface area contributed by atoms with Crippen molar-refractivity contribution < 1.29 is 0 Å². The molecule has 0 aromatic rings. The molecule has 0 radical (unpaired) electrons. The first kappa shape index (κ1) is 5.73. The minimum atomic E-state index is 0.612. The molecule has 0 amide bonds. The molecule has 0 unspecified atom stereocenters. The van der Waals surface area contributed by atoms with E-state index >= 15 is 0 Å². The highest BCUT2D eigenvalue weighted by atomic mass is 32.1. The van der Waals surface area contributed by atoms with E-state index in [1.165, 1.54) is 0 Å². The van der Waals surface area contributed by atoms with E-state index in [4.69, 9.17) is 0 Å². The highest BCUT2D eigenvalue weighted by Gasteiger charge is 2.02. The molecule has 2 aliphatic heterocycles. The molecule has 0 fully saturated rings. The van der Waals surface area contributed by atoms with Gasteiger partial charge in [0.1, 0.15) is 5.69 Å². The summed E-state index contributed by atoms with van der Waals surface area (Å²) >= 11 is 4.04. The standard InChI is InChI=1S/C6H5N3S/c10-6-8-3-5-4(9-6)1-2-7-5/h1-3H,(H2,8,9,10). The second-order valence-corrected chi connectivity index (χ2v) is 2.37. The molecule has 2 heterocycles. The molecule has 2 rings (SSSR count). The molecule has 0 aromatic carbocycles. The van der Waals surface area contributed by atoms with Crippen LogP contribution in [0.1, 0.15) is 0 Å². The van der Waals surface area contributed by atoms with Crippen LogP contribution in [0.25, 0.3) is 11.4 Å². The number of hydrogen-bond donors (Lipinski definition) is 2. The Kier molecular flexibility index (Phi) is 1.14. The van der Waals surface area contributed by atoms with Crippen molar-refractivity contribution in [1.82, 2.24) is 15.0 Å². The van der Waals surface area contributed by atoms with E-state index in [1.54, 1.807) is 12.4 Å². The highest BCUT2D eigenvalue weighted by molar-refractivity contribution is 7.80. The van der Waals surface area contributed by atoms with Crippen LogP contribution in [0, 0.1) is 0 Å². The Morgan fingerprint density at radius 3 is 3.20 bits per heavy atom. The zero-order valence-corrected chi connectivity index (χ0v) is 5.97. The van der Waals surface area contributed by atoms with Gasteiger partial charge in [0.15, 0.2) is 5.16 Å². The van der Waals surface area contributed by atoms with Crippen molar-refractivity contribution in [2.45, 2.75) is 5.16 Å². The lowest BCUT2D eigenvalue weighted by molar-refractivity contribution is 0.974. The van der Waals surface area contributed by atoms with Gasteiger partial charge in [-0.1, -0.05) is 0 Å². The zero-order chi connectivity index (χ0) is 6.97. The van der Waals surface area contributed by atoms with Crippen molar-refractivity contribution in [2.24, 2.45) is 0 Å². The van der Waals surface area contributed by atoms with Gasteiger partial charge in [-0.2, -0.15) is 0 Å². The summed E-state index contributed by atoms with van der Waals surface area (Å²) in [5.41, 5.74) is 1.85. The summed E-state index contributed by atoms with van der Waals surface area (Å²) < 4.78 is 0. The van der Waals surface area contributed by atoms with Crippen LogP contribution >= 0.6 is 12.6 Å². The molecule has 0 spiro atoms. The molecule has 0 saturated carbocycles. The predicted molar refractivity (Wildman–Crippen MR) is 40.3 cm³/mol. The van der Waals surface area contributed by atoms with Crippen LogP contribution in [0.2, 0.25) is 0 Å². The van der Waals surface area contributed by atoms with Crippen LogP contribution in [0.3, 0.4) is 0 Å². The fourth-order valence-corrected chi connectivity index (χ4v) is 1.01. The Morgan fingerprint density at radius 1 is 1.40 bits per heavy atom. The number of nitrogens with one attached hydrogen (secondary N) is 1. The quantitative estimate of drug-likeness (QED) is 0.439. The van der Waals surface area contributed by atoms with Crippen molar-refractivity contribution in [3.8, 4) is 11.4 Å². The minimum Gasteiger partial charge on any atom is -0.333 e. The van der Waals surface area contributed by atoms with Gasteiger partial charge in [-0.05, 0) is 6.07 Å². The smallest absolute Gasteiger partial charge is 0.162 e. The number of thiol groups is 1. The van der Waals surface area contributed by atoms with E-state index in [9.17, 15) is 0 Å². The average molecular weight is 151 g/mol. The Labute approximate surface area is 63.3 Å². The molecule has 0 atom stereocenters. The Hall–Kier alpha value is -1.03. The van der Waals surface area contributed by atoms with E-state index in [0.29, 0.717) is 5.16 Å². The summed E-state index contributed by atoms with van der Waals surface area (Å²) in [5.74, 6) is 0. The third-order valence-electron chi connectivity index (χ3n) is 1.29. The number of aromatic amines is 1. The number of rotatable bonds is 0. The van der Waals surface area contributed by atoms with Crippen molar-refractivity contribution >= 4 is 12.6 Å². The van der Waals surface area contributed by atoms with Gasteiger partial charge in [0.2, 0.25) is 0 Å². The van der Waals surface area contributed by atoms with Gasteiger partial charge in [-0.15, -0.1) is 12.6 Å². The summed E-state index contributed by atoms with van der Waals surface area (Å²) in [4.78, 5) is 10.9. The van der Waals surface area contributed by atoms with Gasteiger partial charge in [0.05, 0.1) is 11.9 Å². The molecule has 3 nitrogen and oxygen atoms in total. The second-order valence-electron chi connectivity index (χ2n) is 1.95. The molecular formula is C6H5N3S. The third kappa shape index (κ3) is 0.769. The van der Waals surface area contributed by atoms with E-state index in [-0.39, 0.29) is 0 Å². The lowest BCUT2D eigenvalue weighted by atomic mass is 10.3. The molecule has 0 aliphatic carbocycles. The Bertz CT molecular complexity index is 317. The van der Waals surface area contributed by atoms with Crippen LogP contribution in [0.4, 0.5) is 0 Å². The van der Waals surface area contributed by atoms with Gasteiger partial charge in [-0.25, -0.2) is 4.98 Å². The Balaban J connectivity index is 2.75. The van der Waals surface area contributed by atoms with Crippen LogP contribution < -0.4 is 0 Å². The molecule has 0 aromatic heterocycles. The van der Waals surface area contributed by atoms with Crippen molar-refractivity contribution in [3.63, 3.8) is 0 Å². The topological polar surface area (TPSA) is 41.6 Å². The SMILES string of the molecule is Sc1ncc2nccc-2[nH]1. The van der Waals surface area contributed by atoms with Gasteiger partial charge >= 0.3 is 0 Å². The number of hydrogen-bond acceptors (Lipinski definition) is 3. The molecular weight excluding hydrogens is 146 g/mol. The van der Waals surface area contributed by atoms with E-state index in [1.807, 2.05) is 6.07 Å². The number of aromatic nitrogens is 3. The average Bonchev–Trinajstić information content (AvgIpc) is 2.33. The van der Waals surface area contributed by atoms with Gasteiger partial charge in [0.25, 0.3) is 0 Å². The number of nitrogens with zero attached hydrogens (tertiary/aromatic N) is 2. The molecule has 0 saturated heterocycles.